The number of aromatic nitrogens is 1. The van der Waals surface area contributed by atoms with E-state index in [2.05, 4.69) is 26.2 Å². The van der Waals surface area contributed by atoms with E-state index in [1.807, 2.05) is 19.1 Å². The van der Waals surface area contributed by atoms with Crippen molar-refractivity contribution >= 4 is 27.5 Å². The molecule has 2 nitrogen and oxygen atoms in total. The minimum Gasteiger partial charge on any atom is -0.310 e. The Morgan fingerprint density at radius 3 is 2.90 bits per heavy atom. The van der Waals surface area contributed by atoms with Gasteiger partial charge in [0, 0.05) is 24.0 Å². The minimum absolute atomic E-state index is 0.127. The van der Waals surface area contributed by atoms with Gasteiger partial charge in [-0.1, -0.05) is 30.7 Å². The van der Waals surface area contributed by atoms with Gasteiger partial charge in [0.15, 0.2) is 0 Å². The lowest BCUT2D eigenvalue weighted by molar-refractivity contribution is 0.507. The van der Waals surface area contributed by atoms with Crippen LogP contribution in [-0.4, -0.2) is 11.5 Å². The summed E-state index contributed by atoms with van der Waals surface area (Å²) in [6.45, 7) is 2.75. The largest absolute Gasteiger partial charge is 0.310 e. The summed E-state index contributed by atoms with van der Waals surface area (Å²) in [5.74, 6) is -0.233. The van der Waals surface area contributed by atoms with E-state index in [1.165, 1.54) is 0 Å². The van der Waals surface area contributed by atoms with Crippen LogP contribution in [0.5, 0.6) is 0 Å². The normalized spacial score (nSPS) is 12.4. The van der Waals surface area contributed by atoms with Crippen LogP contribution >= 0.6 is 27.5 Å². The number of likely N-dealkylation sites (N-methyl/N-ethyl adjacent to an activating group) is 1. The highest BCUT2D eigenvalue weighted by molar-refractivity contribution is 9.10. The molecular weight excluding hydrogens is 343 g/mol. The second kappa shape index (κ2) is 7.16. The lowest BCUT2D eigenvalue weighted by Crippen LogP contribution is -2.24. The molecule has 0 aliphatic heterocycles. The predicted molar refractivity (Wildman–Crippen MR) is 83.5 cm³/mol. The molecule has 0 saturated carbocycles. The van der Waals surface area contributed by atoms with E-state index < -0.39 is 0 Å². The van der Waals surface area contributed by atoms with Gasteiger partial charge >= 0.3 is 0 Å². The zero-order valence-electron chi connectivity index (χ0n) is 11.0. The van der Waals surface area contributed by atoms with Crippen LogP contribution in [0.2, 0.25) is 5.02 Å². The summed E-state index contributed by atoms with van der Waals surface area (Å²) >= 11 is 9.36. The van der Waals surface area contributed by atoms with E-state index in [0.29, 0.717) is 21.5 Å². The maximum atomic E-state index is 14.2. The van der Waals surface area contributed by atoms with E-state index in [-0.39, 0.29) is 11.9 Å². The SMILES string of the molecule is CCNC(Cc1ccncc1Cl)c1cccc(Br)c1F. The zero-order chi connectivity index (χ0) is 14.5. The molecule has 1 atom stereocenters. The van der Waals surface area contributed by atoms with Crippen molar-refractivity contribution in [2.24, 2.45) is 0 Å². The number of benzene rings is 1. The van der Waals surface area contributed by atoms with Gasteiger partial charge in [-0.15, -0.1) is 0 Å². The molecule has 1 unspecified atom stereocenters. The Labute approximate surface area is 131 Å². The molecule has 0 amide bonds. The maximum Gasteiger partial charge on any atom is 0.142 e. The molecule has 1 heterocycles. The highest BCUT2D eigenvalue weighted by atomic mass is 79.9. The van der Waals surface area contributed by atoms with Gasteiger partial charge in [0.2, 0.25) is 0 Å². The van der Waals surface area contributed by atoms with Crippen molar-refractivity contribution in [3.8, 4) is 0 Å². The third-order valence-electron chi connectivity index (χ3n) is 3.09. The molecule has 1 aromatic carbocycles. The first-order chi connectivity index (χ1) is 9.63. The molecule has 0 saturated heterocycles. The molecule has 2 aromatic rings. The summed E-state index contributed by atoms with van der Waals surface area (Å²) in [5, 5.41) is 3.91. The number of nitrogens with zero attached hydrogens (tertiary/aromatic N) is 1. The molecule has 106 valence electrons. The van der Waals surface area contributed by atoms with E-state index in [9.17, 15) is 4.39 Å². The van der Waals surface area contributed by atoms with Crippen LogP contribution in [-0.2, 0) is 6.42 Å². The Morgan fingerprint density at radius 1 is 1.40 bits per heavy atom. The van der Waals surface area contributed by atoms with E-state index in [0.717, 1.165) is 12.1 Å². The maximum absolute atomic E-state index is 14.2. The standard InChI is InChI=1S/C15H15BrClFN2/c1-2-20-14(8-10-6-7-19-9-13(10)17)11-4-3-5-12(16)15(11)18/h3-7,9,14,20H,2,8H2,1H3. The fourth-order valence-electron chi connectivity index (χ4n) is 2.12. The Morgan fingerprint density at radius 2 is 2.20 bits per heavy atom. The topological polar surface area (TPSA) is 24.9 Å². The summed E-state index contributed by atoms with van der Waals surface area (Å²) in [6.07, 6.45) is 3.92. The van der Waals surface area contributed by atoms with Crippen LogP contribution in [0, 0.1) is 5.82 Å². The van der Waals surface area contributed by atoms with E-state index >= 15 is 0 Å². The molecule has 5 heteroatoms. The average Bonchev–Trinajstić information content (AvgIpc) is 2.44. The molecule has 1 N–H and O–H groups in total. The molecule has 0 aliphatic rings. The molecule has 1 aromatic heterocycles. The van der Waals surface area contributed by atoms with E-state index in [1.54, 1.807) is 24.5 Å². The minimum atomic E-state index is -0.233. The number of rotatable bonds is 5. The predicted octanol–water partition coefficient (Wildman–Crippen LogP) is 4.53. The summed E-state index contributed by atoms with van der Waals surface area (Å²) in [7, 11) is 0. The summed E-state index contributed by atoms with van der Waals surface area (Å²) < 4.78 is 14.7. The smallest absolute Gasteiger partial charge is 0.142 e. The zero-order valence-corrected chi connectivity index (χ0v) is 13.4. The molecule has 20 heavy (non-hydrogen) atoms. The Balaban J connectivity index is 2.32. The average molecular weight is 358 g/mol. The van der Waals surface area contributed by atoms with Crippen LogP contribution in [0.1, 0.15) is 24.1 Å². The van der Waals surface area contributed by atoms with Gasteiger partial charge in [0.1, 0.15) is 5.82 Å². The summed E-state index contributed by atoms with van der Waals surface area (Å²) in [6, 6.07) is 7.06. The van der Waals surface area contributed by atoms with Gasteiger partial charge in [-0.3, -0.25) is 4.98 Å². The third kappa shape index (κ3) is 3.57. The van der Waals surface area contributed by atoms with Crippen molar-refractivity contribution in [1.29, 1.82) is 0 Å². The highest BCUT2D eigenvalue weighted by Crippen LogP contribution is 2.27. The monoisotopic (exact) mass is 356 g/mol. The molecule has 0 spiro atoms. The Bertz CT molecular complexity index is 592. The van der Waals surface area contributed by atoms with Crippen molar-refractivity contribution in [2.75, 3.05) is 6.54 Å². The number of halogens is 3. The van der Waals surface area contributed by atoms with Crippen LogP contribution < -0.4 is 5.32 Å². The third-order valence-corrected chi connectivity index (χ3v) is 4.04. The summed E-state index contributed by atoms with van der Waals surface area (Å²) in [5.41, 5.74) is 1.58. The first kappa shape index (κ1) is 15.4. The fraction of sp³-hybridized carbons (Fsp3) is 0.267. The van der Waals surface area contributed by atoms with E-state index in [4.69, 9.17) is 11.6 Å². The van der Waals surface area contributed by atoms with Crippen molar-refractivity contribution in [1.82, 2.24) is 10.3 Å². The van der Waals surface area contributed by atoms with Crippen molar-refractivity contribution < 1.29 is 4.39 Å². The van der Waals surface area contributed by atoms with Gasteiger partial charge < -0.3 is 5.32 Å². The van der Waals surface area contributed by atoms with Crippen LogP contribution in [0.3, 0.4) is 0 Å². The summed E-state index contributed by atoms with van der Waals surface area (Å²) in [4.78, 5) is 3.97. The lowest BCUT2D eigenvalue weighted by atomic mass is 9.99. The molecule has 2 rings (SSSR count). The van der Waals surface area contributed by atoms with Gasteiger partial charge in [0.25, 0.3) is 0 Å². The fourth-order valence-corrected chi connectivity index (χ4v) is 2.70. The van der Waals surface area contributed by atoms with Crippen LogP contribution in [0.25, 0.3) is 0 Å². The molecule has 0 radical (unpaired) electrons. The van der Waals surface area contributed by atoms with Crippen molar-refractivity contribution in [2.45, 2.75) is 19.4 Å². The van der Waals surface area contributed by atoms with Gasteiger partial charge in [-0.2, -0.15) is 0 Å². The number of hydrogen-bond donors (Lipinski definition) is 1. The number of pyridine rings is 1. The number of nitrogens with one attached hydrogen (secondary N) is 1. The molecule has 0 bridgehead atoms. The Hall–Kier alpha value is -0.970. The Kier molecular flexibility index (Phi) is 5.52. The second-order valence-corrected chi connectivity index (χ2v) is 5.69. The van der Waals surface area contributed by atoms with Crippen molar-refractivity contribution in [3.63, 3.8) is 0 Å². The van der Waals surface area contributed by atoms with Crippen LogP contribution in [0.15, 0.2) is 41.1 Å². The first-order valence-corrected chi connectivity index (χ1v) is 7.56. The highest BCUT2D eigenvalue weighted by Gasteiger charge is 2.18. The van der Waals surface area contributed by atoms with Gasteiger partial charge in [-0.25, -0.2) is 4.39 Å². The quantitative estimate of drug-likeness (QED) is 0.850. The molecule has 0 fully saturated rings. The second-order valence-electron chi connectivity index (χ2n) is 4.42. The molecular formula is C15H15BrClFN2. The van der Waals surface area contributed by atoms with Crippen LogP contribution in [0.4, 0.5) is 4.39 Å². The molecule has 0 aliphatic carbocycles. The lowest BCUT2D eigenvalue weighted by Gasteiger charge is -2.20. The van der Waals surface area contributed by atoms with Gasteiger partial charge in [0.05, 0.1) is 9.50 Å². The van der Waals surface area contributed by atoms with Gasteiger partial charge in [-0.05, 0) is 46.6 Å². The van der Waals surface area contributed by atoms with Crippen molar-refractivity contribution in [3.05, 3.63) is 63.1 Å². The first-order valence-electron chi connectivity index (χ1n) is 6.39. The number of hydrogen-bond acceptors (Lipinski definition) is 2.